The van der Waals surface area contributed by atoms with E-state index < -0.39 is 0 Å². The van der Waals surface area contributed by atoms with Gasteiger partial charge in [0.25, 0.3) is 0 Å². The second-order valence-electron chi connectivity index (χ2n) is 11.7. The minimum atomic E-state index is 0.828. The molecule has 1 heterocycles. The molecule has 1 fully saturated rings. The Labute approximate surface area is 229 Å². The zero-order valence-corrected chi connectivity index (χ0v) is 24.2. The first-order valence-corrected chi connectivity index (χ1v) is 16.0. The van der Waals surface area contributed by atoms with Gasteiger partial charge in [-0.15, -0.1) is 0 Å². The molecule has 2 aromatic rings. The fourth-order valence-electron chi connectivity index (χ4n) is 5.94. The Kier molecular flexibility index (Phi) is 14.7. The molecule has 1 saturated carbocycles. The number of nitrogens with zero attached hydrogens (tertiary/aromatic N) is 1. The maximum Gasteiger partial charge on any atom is 0.0702 e. The molecule has 0 aliphatic heterocycles. The van der Waals surface area contributed by atoms with E-state index in [9.17, 15) is 0 Å². The van der Waals surface area contributed by atoms with Crippen molar-refractivity contribution in [2.75, 3.05) is 0 Å². The molecular weight excluding hydrogens is 446 g/mol. The van der Waals surface area contributed by atoms with Crippen LogP contribution in [0.15, 0.2) is 54.7 Å². The van der Waals surface area contributed by atoms with Gasteiger partial charge >= 0.3 is 0 Å². The fraction of sp³-hybridized carbons (Fsp3) is 0.639. The number of unbranched alkanes of at least 4 members (excludes halogenated alkanes) is 9. The van der Waals surface area contributed by atoms with E-state index in [-0.39, 0.29) is 0 Å². The summed E-state index contributed by atoms with van der Waals surface area (Å²) in [6.07, 6.45) is 32.9. The fourth-order valence-corrected chi connectivity index (χ4v) is 5.94. The van der Waals surface area contributed by atoms with Crippen molar-refractivity contribution in [1.29, 1.82) is 0 Å². The molecule has 0 amide bonds. The van der Waals surface area contributed by atoms with Crippen molar-refractivity contribution < 1.29 is 0 Å². The third-order valence-corrected chi connectivity index (χ3v) is 8.51. The molecule has 1 aromatic carbocycles. The van der Waals surface area contributed by atoms with Crippen LogP contribution >= 0.6 is 0 Å². The van der Waals surface area contributed by atoms with Crippen LogP contribution in [0, 0.1) is 11.8 Å². The van der Waals surface area contributed by atoms with Gasteiger partial charge in [0.2, 0.25) is 0 Å². The van der Waals surface area contributed by atoms with Crippen LogP contribution in [-0.2, 0) is 12.8 Å². The van der Waals surface area contributed by atoms with Crippen LogP contribution in [0.2, 0.25) is 0 Å². The Balaban J connectivity index is 1.30. The Hall–Kier alpha value is -1.89. The highest BCUT2D eigenvalue weighted by molar-refractivity contribution is 5.59. The van der Waals surface area contributed by atoms with E-state index in [0.29, 0.717) is 0 Å². The lowest BCUT2D eigenvalue weighted by Crippen LogP contribution is -2.13. The normalized spacial score (nSPS) is 18.0. The van der Waals surface area contributed by atoms with Gasteiger partial charge in [-0.3, -0.25) is 4.98 Å². The molecule has 3 rings (SSSR count). The van der Waals surface area contributed by atoms with Gasteiger partial charge in [0.05, 0.1) is 5.69 Å². The van der Waals surface area contributed by atoms with Crippen molar-refractivity contribution in [2.45, 2.75) is 136 Å². The van der Waals surface area contributed by atoms with Crippen molar-refractivity contribution in [1.82, 2.24) is 4.98 Å². The number of hydrogen-bond donors (Lipinski definition) is 0. The molecule has 204 valence electrons. The predicted molar refractivity (Wildman–Crippen MR) is 163 cm³/mol. The number of aryl methyl sites for hydroxylation is 2. The van der Waals surface area contributed by atoms with E-state index in [2.05, 4.69) is 68.6 Å². The van der Waals surface area contributed by atoms with Gasteiger partial charge in [-0.2, -0.15) is 0 Å². The monoisotopic (exact) mass is 501 g/mol. The van der Waals surface area contributed by atoms with Gasteiger partial charge < -0.3 is 0 Å². The first-order chi connectivity index (χ1) is 18.3. The first kappa shape index (κ1) is 29.7. The summed E-state index contributed by atoms with van der Waals surface area (Å²) in [4.78, 5) is 4.77. The molecule has 1 aliphatic carbocycles. The maximum absolute atomic E-state index is 4.77. The summed E-state index contributed by atoms with van der Waals surface area (Å²) < 4.78 is 0. The first-order valence-electron chi connectivity index (χ1n) is 16.0. The summed E-state index contributed by atoms with van der Waals surface area (Å²) in [5.74, 6) is 1.84. The van der Waals surface area contributed by atoms with Crippen LogP contribution < -0.4 is 0 Å². The summed E-state index contributed by atoms with van der Waals surface area (Å²) in [5.41, 5.74) is 5.13. The lowest BCUT2D eigenvalue weighted by atomic mass is 9.79. The number of rotatable bonds is 18. The average Bonchev–Trinajstić information content (AvgIpc) is 2.94. The van der Waals surface area contributed by atoms with Crippen LogP contribution in [0.25, 0.3) is 11.3 Å². The summed E-state index contributed by atoms with van der Waals surface area (Å²) >= 11 is 0. The number of allylic oxidation sites excluding steroid dienone is 2. The van der Waals surface area contributed by atoms with Crippen molar-refractivity contribution in [3.8, 4) is 11.3 Å². The van der Waals surface area contributed by atoms with E-state index in [0.717, 1.165) is 36.8 Å². The predicted octanol–water partition coefficient (Wildman–Crippen LogP) is 11.3. The zero-order valence-electron chi connectivity index (χ0n) is 24.2. The second kappa shape index (κ2) is 18.4. The topological polar surface area (TPSA) is 12.9 Å². The zero-order chi connectivity index (χ0) is 26.0. The largest absolute Gasteiger partial charge is 0.256 e. The van der Waals surface area contributed by atoms with Gasteiger partial charge in [-0.05, 0) is 80.4 Å². The van der Waals surface area contributed by atoms with Gasteiger partial charge in [-0.1, -0.05) is 127 Å². The summed E-state index contributed by atoms with van der Waals surface area (Å²) in [6, 6.07) is 13.6. The molecule has 1 nitrogen and oxygen atoms in total. The quantitative estimate of drug-likeness (QED) is 0.146. The molecule has 0 bridgehead atoms. The van der Waals surface area contributed by atoms with Crippen LogP contribution in [0.3, 0.4) is 0 Å². The lowest BCUT2D eigenvalue weighted by Gasteiger charge is -2.26. The summed E-state index contributed by atoms with van der Waals surface area (Å²) in [7, 11) is 0. The molecule has 0 N–H and O–H groups in total. The average molecular weight is 502 g/mol. The Bertz CT molecular complexity index is 839. The molecule has 1 aliphatic rings. The Morgan fingerprint density at radius 3 is 2.00 bits per heavy atom. The van der Waals surface area contributed by atoms with E-state index in [1.54, 1.807) is 0 Å². The number of benzene rings is 1. The molecule has 0 spiro atoms. The van der Waals surface area contributed by atoms with Crippen molar-refractivity contribution in [3.63, 3.8) is 0 Å². The lowest BCUT2D eigenvalue weighted by molar-refractivity contribution is 0.289. The highest BCUT2D eigenvalue weighted by Gasteiger charge is 2.18. The van der Waals surface area contributed by atoms with Gasteiger partial charge in [-0.25, -0.2) is 0 Å². The number of pyridine rings is 1. The van der Waals surface area contributed by atoms with Crippen LogP contribution in [0.4, 0.5) is 0 Å². The van der Waals surface area contributed by atoms with E-state index >= 15 is 0 Å². The van der Waals surface area contributed by atoms with Crippen molar-refractivity contribution in [3.05, 3.63) is 65.9 Å². The molecule has 0 unspecified atom stereocenters. The van der Waals surface area contributed by atoms with Crippen molar-refractivity contribution in [2.24, 2.45) is 11.8 Å². The summed E-state index contributed by atoms with van der Waals surface area (Å²) in [6.45, 7) is 4.60. The van der Waals surface area contributed by atoms with Gasteiger partial charge in [0.15, 0.2) is 0 Å². The third kappa shape index (κ3) is 12.0. The summed E-state index contributed by atoms with van der Waals surface area (Å²) in [5, 5.41) is 0. The number of aromatic nitrogens is 1. The molecule has 0 radical (unpaired) electrons. The Morgan fingerprint density at radius 2 is 1.32 bits per heavy atom. The van der Waals surface area contributed by atoms with E-state index in [1.807, 2.05) is 0 Å². The molecule has 37 heavy (non-hydrogen) atoms. The highest BCUT2D eigenvalue weighted by atomic mass is 14.7. The smallest absolute Gasteiger partial charge is 0.0702 e. The van der Waals surface area contributed by atoms with Crippen LogP contribution in [0.5, 0.6) is 0 Å². The molecular formula is C36H55N. The molecule has 0 saturated heterocycles. The van der Waals surface area contributed by atoms with Crippen LogP contribution in [-0.4, -0.2) is 4.98 Å². The second-order valence-corrected chi connectivity index (χ2v) is 11.7. The van der Waals surface area contributed by atoms with E-state index in [1.165, 1.54) is 119 Å². The molecule has 1 heteroatoms. The standard InChI is InChI=1S/C36H55N/c1-3-5-7-8-9-10-11-13-19-34-26-29-36(37-30-34)35-27-24-33(25-28-35)18-15-14-17-32-22-20-31(21-23-32)16-12-6-4-2/h14,17,24-32H,3-13,15-16,18-23H2,1-2H3. The minimum Gasteiger partial charge on any atom is -0.256 e. The third-order valence-electron chi connectivity index (χ3n) is 8.51. The maximum atomic E-state index is 4.77. The number of hydrogen-bond acceptors (Lipinski definition) is 1. The van der Waals surface area contributed by atoms with Crippen molar-refractivity contribution >= 4 is 0 Å². The SMILES string of the molecule is CCCCCCCCCCc1ccc(-c2ccc(CCC=CC3CCC(CCCCC)CC3)cc2)nc1. The van der Waals surface area contributed by atoms with Crippen LogP contribution in [0.1, 0.15) is 134 Å². The van der Waals surface area contributed by atoms with E-state index in [4.69, 9.17) is 4.98 Å². The van der Waals surface area contributed by atoms with Gasteiger partial charge in [0.1, 0.15) is 0 Å². The Morgan fingerprint density at radius 1 is 0.676 bits per heavy atom. The molecule has 1 aromatic heterocycles. The minimum absolute atomic E-state index is 0.828. The van der Waals surface area contributed by atoms with Gasteiger partial charge in [0, 0.05) is 11.8 Å². The molecule has 0 atom stereocenters. The highest BCUT2D eigenvalue weighted by Crippen LogP contribution is 2.32.